The van der Waals surface area contributed by atoms with Gasteiger partial charge in [-0.05, 0) is 43.0 Å². The quantitative estimate of drug-likeness (QED) is 0.202. The summed E-state index contributed by atoms with van der Waals surface area (Å²) in [6.45, 7) is -1.57. The van der Waals surface area contributed by atoms with Crippen molar-refractivity contribution in [3.05, 3.63) is 59.5 Å². The summed E-state index contributed by atoms with van der Waals surface area (Å²) in [6, 6.07) is 5.36. The Morgan fingerprint density at radius 2 is 1.77 bits per heavy atom. The van der Waals surface area contributed by atoms with Crippen molar-refractivity contribution in [2.24, 2.45) is 5.92 Å². The fourth-order valence-electron chi connectivity index (χ4n) is 4.72. The number of ether oxygens (including phenoxy) is 1. The number of nitrogens with zero attached hydrogens (tertiary/aromatic N) is 3. The Hall–Kier alpha value is -4.02. The van der Waals surface area contributed by atoms with Crippen molar-refractivity contribution in [2.45, 2.75) is 69.1 Å². The Bertz CT molecular complexity index is 1470. The van der Waals surface area contributed by atoms with Crippen LogP contribution in [0.5, 0.6) is 5.75 Å². The number of fused-ring (bicyclic) bond motifs is 1. The van der Waals surface area contributed by atoms with Crippen LogP contribution in [0.15, 0.2) is 42.7 Å². The smallest absolute Gasteiger partial charge is 0.422 e. The molecule has 2 amide bonds. The van der Waals surface area contributed by atoms with Gasteiger partial charge in [0.25, 0.3) is 5.91 Å². The van der Waals surface area contributed by atoms with E-state index in [0.717, 1.165) is 12.3 Å². The number of hydrogen-bond acceptors (Lipinski definition) is 6. The van der Waals surface area contributed by atoms with Gasteiger partial charge in [-0.1, -0.05) is 6.07 Å². The van der Waals surface area contributed by atoms with Crippen LogP contribution in [0.25, 0.3) is 5.65 Å². The molecule has 1 aliphatic carbocycles. The second kappa shape index (κ2) is 12.9. The maximum atomic E-state index is 13.9. The predicted octanol–water partition coefficient (Wildman–Crippen LogP) is 5.42. The molecular formula is C27H27F8N5O4. The lowest BCUT2D eigenvalue weighted by molar-refractivity contribution is -0.153. The van der Waals surface area contributed by atoms with Crippen LogP contribution in [0.2, 0.25) is 0 Å². The summed E-state index contributed by atoms with van der Waals surface area (Å²) in [5, 5.41) is 19.1. The molecule has 0 radical (unpaired) electrons. The molecule has 3 N–H and O–H groups in total. The number of nitrogens with one attached hydrogen (secondary N) is 2. The van der Waals surface area contributed by atoms with Crippen LogP contribution in [0.4, 0.5) is 35.1 Å². The minimum atomic E-state index is -4.60. The van der Waals surface area contributed by atoms with Crippen LogP contribution in [-0.4, -0.2) is 56.4 Å². The molecule has 1 aromatic carbocycles. The monoisotopic (exact) mass is 637 g/mol. The molecule has 2 atom stereocenters. The summed E-state index contributed by atoms with van der Waals surface area (Å²) in [5.74, 6) is -5.38. The molecule has 3 aromatic rings. The number of carbonyl (C=O) groups excluding carboxylic acids is 2. The first kappa shape index (κ1) is 32.9. The summed E-state index contributed by atoms with van der Waals surface area (Å²) < 4.78 is 109. The van der Waals surface area contributed by atoms with Gasteiger partial charge in [0, 0.05) is 30.4 Å². The molecule has 0 saturated heterocycles. The van der Waals surface area contributed by atoms with E-state index in [1.165, 1.54) is 35.0 Å². The Labute approximate surface area is 244 Å². The van der Waals surface area contributed by atoms with Gasteiger partial charge in [0.1, 0.15) is 5.75 Å². The highest BCUT2D eigenvalue weighted by Gasteiger charge is 2.39. The van der Waals surface area contributed by atoms with Gasteiger partial charge < -0.3 is 20.5 Å². The first-order chi connectivity index (χ1) is 20.5. The van der Waals surface area contributed by atoms with Gasteiger partial charge >= 0.3 is 12.4 Å². The van der Waals surface area contributed by atoms with E-state index in [0.29, 0.717) is 0 Å². The minimum absolute atomic E-state index is 0.0106. The molecule has 9 nitrogen and oxygen atoms in total. The SMILES string of the molecule is O=C(CCC(F)(F)F)N[C@H](O)c1cnn2cc([C@@H](NC(=O)c3cccc(OCC(F)(F)F)c3)C3CCC(F)(F)CC3)nc2c1. The van der Waals surface area contributed by atoms with E-state index in [1.807, 2.05) is 5.32 Å². The molecule has 0 aliphatic heterocycles. The van der Waals surface area contributed by atoms with E-state index in [-0.39, 0.29) is 41.1 Å². The van der Waals surface area contributed by atoms with Crippen LogP contribution >= 0.6 is 0 Å². The summed E-state index contributed by atoms with van der Waals surface area (Å²) in [7, 11) is 0. The molecular weight excluding hydrogens is 610 g/mol. The van der Waals surface area contributed by atoms with Gasteiger partial charge in [0.2, 0.25) is 11.8 Å². The van der Waals surface area contributed by atoms with E-state index in [2.05, 4.69) is 15.4 Å². The molecule has 240 valence electrons. The molecule has 1 saturated carbocycles. The van der Waals surface area contributed by atoms with Gasteiger partial charge in [-0.2, -0.15) is 31.4 Å². The first-order valence-corrected chi connectivity index (χ1v) is 13.4. The number of aliphatic hydroxyl groups is 1. The maximum absolute atomic E-state index is 13.9. The van der Waals surface area contributed by atoms with Crippen molar-refractivity contribution in [2.75, 3.05) is 6.61 Å². The molecule has 44 heavy (non-hydrogen) atoms. The Balaban J connectivity index is 1.55. The summed E-state index contributed by atoms with van der Waals surface area (Å²) in [4.78, 5) is 29.4. The van der Waals surface area contributed by atoms with Crippen molar-refractivity contribution in [1.82, 2.24) is 25.2 Å². The van der Waals surface area contributed by atoms with Crippen molar-refractivity contribution in [3.8, 4) is 5.75 Å². The zero-order chi connectivity index (χ0) is 32.3. The number of aliphatic hydroxyl groups excluding tert-OH is 1. The minimum Gasteiger partial charge on any atom is -0.484 e. The Kier molecular flexibility index (Phi) is 9.65. The highest BCUT2D eigenvalue weighted by molar-refractivity contribution is 5.94. The number of imidazole rings is 1. The maximum Gasteiger partial charge on any atom is 0.422 e. The average Bonchev–Trinajstić information content (AvgIpc) is 3.36. The molecule has 0 bridgehead atoms. The van der Waals surface area contributed by atoms with E-state index in [4.69, 9.17) is 4.74 Å². The Morgan fingerprint density at radius 3 is 2.43 bits per heavy atom. The molecule has 1 aliphatic rings. The fourth-order valence-corrected chi connectivity index (χ4v) is 4.72. The summed E-state index contributed by atoms with van der Waals surface area (Å²) >= 11 is 0. The highest BCUT2D eigenvalue weighted by atomic mass is 19.4. The average molecular weight is 638 g/mol. The third kappa shape index (κ3) is 9.24. The zero-order valence-electron chi connectivity index (χ0n) is 22.8. The lowest BCUT2D eigenvalue weighted by Gasteiger charge is -2.33. The summed E-state index contributed by atoms with van der Waals surface area (Å²) in [6.07, 6.45) is -11.5. The number of aromatic nitrogens is 3. The fraction of sp³-hybridized carbons (Fsp3) is 0.481. The zero-order valence-corrected chi connectivity index (χ0v) is 22.8. The predicted molar refractivity (Wildman–Crippen MR) is 136 cm³/mol. The van der Waals surface area contributed by atoms with Crippen LogP contribution in [0, 0.1) is 5.92 Å². The topological polar surface area (TPSA) is 118 Å². The largest absolute Gasteiger partial charge is 0.484 e. The van der Waals surface area contributed by atoms with Gasteiger partial charge in [0.15, 0.2) is 18.5 Å². The standard InChI is InChI=1S/C27H27F8N5O4/c28-25(29)7-4-15(5-8-25)22(39-23(42)16-2-1-3-18(10-16)44-14-27(33,34)35)19-13-40-20(37-19)11-17(12-36-40)24(43)38-21(41)6-9-26(30,31)32/h1-3,10-13,15,22,24,43H,4-9,14H2,(H,38,41)(H,39,42)/t22-,24+/m0/s1. The number of benzene rings is 1. The molecule has 17 heteroatoms. The molecule has 1 fully saturated rings. The number of carbonyl (C=O) groups is 2. The number of amides is 2. The third-order valence-corrected chi connectivity index (χ3v) is 6.95. The van der Waals surface area contributed by atoms with Crippen LogP contribution in [0.3, 0.4) is 0 Å². The lowest BCUT2D eigenvalue weighted by Crippen LogP contribution is -2.37. The molecule has 2 aromatic heterocycles. The normalized spacial score (nSPS) is 17.2. The number of alkyl halides is 8. The van der Waals surface area contributed by atoms with Crippen molar-refractivity contribution >= 4 is 17.5 Å². The van der Waals surface area contributed by atoms with Gasteiger partial charge in [-0.25, -0.2) is 18.3 Å². The number of rotatable bonds is 10. The number of halogens is 8. The molecule has 0 spiro atoms. The third-order valence-electron chi connectivity index (χ3n) is 6.95. The van der Waals surface area contributed by atoms with Crippen LogP contribution in [-0.2, 0) is 4.79 Å². The van der Waals surface area contributed by atoms with E-state index < -0.39 is 80.6 Å². The van der Waals surface area contributed by atoms with E-state index in [9.17, 15) is 49.8 Å². The van der Waals surface area contributed by atoms with Crippen LogP contribution < -0.4 is 15.4 Å². The molecule has 0 unspecified atom stereocenters. The van der Waals surface area contributed by atoms with Crippen molar-refractivity contribution < 1.29 is 54.6 Å². The van der Waals surface area contributed by atoms with Crippen molar-refractivity contribution in [1.29, 1.82) is 0 Å². The van der Waals surface area contributed by atoms with E-state index >= 15 is 0 Å². The number of hydrogen-bond donors (Lipinski definition) is 3. The molecule has 2 heterocycles. The van der Waals surface area contributed by atoms with E-state index in [1.54, 1.807) is 0 Å². The van der Waals surface area contributed by atoms with Crippen LogP contribution in [0.1, 0.15) is 72.4 Å². The second-order valence-electron chi connectivity index (χ2n) is 10.4. The van der Waals surface area contributed by atoms with Gasteiger partial charge in [-0.15, -0.1) is 0 Å². The first-order valence-electron chi connectivity index (χ1n) is 13.4. The highest BCUT2D eigenvalue weighted by Crippen LogP contribution is 2.41. The molecule has 4 rings (SSSR count). The lowest BCUT2D eigenvalue weighted by atomic mass is 9.81. The Morgan fingerprint density at radius 1 is 1.07 bits per heavy atom. The van der Waals surface area contributed by atoms with Gasteiger partial charge in [-0.3, -0.25) is 9.59 Å². The second-order valence-corrected chi connectivity index (χ2v) is 10.4. The van der Waals surface area contributed by atoms with Gasteiger partial charge in [0.05, 0.1) is 30.6 Å². The van der Waals surface area contributed by atoms with Crippen molar-refractivity contribution in [3.63, 3.8) is 0 Å². The summed E-state index contributed by atoms with van der Waals surface area (Å²) in [5.41, 5.74) is 0.239.